The van der Waals surface area contributed by atoms with E-state index in [1.165, 1.54) is 48.0 Å². The summed E-state index contributed by atoms with van der Waals surface area (Å²) in [6.45, 7) is 2.29. The van der Waals surface area contributed by atoms with Gasteiger partial charge < -0.3 is 5.32 Å². The smallest absolute Gasteiger partial charge is 0.262 e. The maximum absolute atomic E-state index is 13.9. The van der Waals surface area contributed by atoms with Gasteiger partial charge in [0.15, 0.2) is 0 Å². The number of nitrogens with zero attached hydrogens (tertiary/aromatic N) is 1. The Bertz CT molecular complexity index is 1230. The number of hydrogen-bond acceptors (Lipinski definition) is 4. The second kappa shape index (κ2) is 10.8. The normalized spacial score (nSPS) is 16.7. The van der Waals surface area contributed by atoms with E-state index >= 15 is 0 Å². The molecule has 8 heteroatoms. The molecule has 0 aromatic heterocycles. The zero-order valence-electron chi connectivity index (χ0n) is 18.8. The highest BCUT2D eigenvalue weighted by atomic mass is 32.2. The number of anilines is 1. The molecular weight excluding hydrogens is 453 g/mol. The molecular formula is C26H28FN3O3S. The van der Waals surface area contributed by atoms with Crippen molar-refractivity contribution in [2.24, 2.45) is 0 Å². The third kappa shape index (κ3) is 6.01. The summed E-state index contributed by atoms with van der Waals surface area (Å²) in [5, 5.41) is 2.97. The lowest BCUT2D eigenvalue weighted by atomic mass is 10.0. The molecule has 1 fully saturated rings. The van der Waals surface area contributed by atoms with Crippen molar-refractivity contribution in [1.29, 1.82) is 0 Å². The molecule has 3 aromatic rings. The van der Waals surface area contributed by atoms with E-state index < -0.39 is 15.8 Å². The van der Waals surface area contributed by atoms with Crippen molar-refractivity contribution < 1.29 is 17.6 Å². The summed E-state index contributed by atoms with van der Waals surface area (Å²) < 4.78 is 41.6. The van der Waals surface area contributed by atoms with Crippen LogP contribution in [-0.4, -0.2) is 38.4 Å². The number of amides is 1. The molecule has 34 heavy (non-hydrogen) atoms. The molecule has 0 radical (unpaired) electrons. The van der Waals surface area contributed by atoms with Crippen LogP contribution in [0.4, 0.5) is 10.1 Å². The Labute approximate surface area is 199 Å². The molecule has 1 unspecified atom stereocenters. The average molecular weight is 482 g/mol. The van der Waals surface area contributed by atoms with Crippen LogP contribution in [0.5, 0.6) is 0 Å². The first-order valence-corrected chi connectivity index (χ1v) is 12.8. The minimum Gasteiger partial charge on any atom is -0.350 e. The Morgan fingerprint density at radius 2 is 1.74 bits per heavy atom. The van der Waals surface area contributed by atoms with E-state index in [1.54, 1.807) is 6.07 Å². The van der Waals surface area contributed by atoms with Crippen molar-refractivity contribution in [3.63, 3.8) is 0 Å². The monoisotopic (exact) mass is 481 g/mol. The molecule has 0 bridgehead atoms. The number of nitrogens with one attached hydrogen (secondary N) is 2. The average Bonchev–Trinajstić information content (AvgIpc) is 2.85. The lowest BCUT2D eigenvalue weighted by Crippen LogP contribution is -2.46. The number of carbonyl (C=O) groups excluding carboxylic acids is 1. The second-order valence-electron chi connectivity index (χ2n) is 8.43. The van der Waals surface area contributed by atoms with Gasteiger partial charge in [-0.1, -0.05) is 55.0 Å². The highest BCUT2D eigenvalue weighted by Crippen LogP contribution is 2.21. The Morgan fingerprint density at radius 1 is 0.971 bits per heavy atom. The number of carbonyl (C=O) groups is 1. The van der Waals surface area contributed by atoms with Gasteiger partial charge in [-0.2, -0.15) is 0 Å². The van der Waals surface area contributed by atoms with Crippen LogP contribution in [-0.2, 0) is 16.6 Å². The number of rotatable bonds is 8. The van der Waals surface area contributed by atoms with Gasteiger partial charge in [0, 0.05) is 24.7 Å². The van der Waals surface area contributed by atoms with Crippen LogP contribution in [0, 0.1) is 5.82 Å². The van der Waals surface area contributed by atoms with Crippen molar-refractivity contribution in [3.8, 4) is 0 Å². The molecule has 0 aliphatic carbocycles. The molecule has 1 amide bonds. The van der Waals surface area contributed by atoms with Crippen molar-refractivity contribution in [2.45, 2.75) is 36.7 Å². The minimum absolute atomic E-state index is 0.105. The zero-order chi connectivity index (χ0) is 24.0. The number of piperidine rings is 1. The van der Waals surface area contributed by atoms with E-state index in [9.17, 15) is 17.6 Å². The zero-order valence-corrected chi connectivity index (χ0v) is 19.6. The minimum atomic E-state index is -4.05. The molecule has 2 N–H and O–H groups in total. The number of sulfonamides is 1. The van der Waals surface area contributed by atoms with Crippen molar-refractivity contribution in [3.05, 3.63) is 95.8 Å². The second-order valence-corrected chi connectivity index (χ2v) is 10.1. The van der Waals surface area contributed by atoms with Crippen molar-refractivity contribution in [2.75, 3.05) is 17.8 Å². The molecule has 178 valence electrons. The van der Waals surface area contributed by atoms with Crippen LogP contribution in [0.1, 0.15) is 35.2 Å². The van der Waals surface area contributed by atoms with Crippen LogP contribution in [0.25, 0.3) is 0 Å². The van der Waals surface area contributed by atoms with Crippen LogP contribution in [0.3, 0.4) is 0 Å². The van der Waals surface area contributed by atoms with Crippen LogP contribution >= 0.6 is 0 Å². The SMILES string of the molecule is O=C(NCC1CCCCN1Cc1ccccc1)c1cccc(S(=O)(=O)Nc2ccccc2F)c1. The molecule has 1 saturated heterocycles. The Hall–Kier alpha value is -3.23. The lowest BCUT2D eigenvalue weighted by Gasteiger charge is -2.36. The van der Waals surface area contributed by atoms with Gasteiger partial charge in [0.1, 0.15) is 5.82 Å². The number of hydrogen-bond donors (Lipinski definition) is 2. The van der Waals surface area contributed by atoms with Gasteiger partial charge in [-0.3, -0.25) is 14.4 Å². The van der Waals surface area contributed by atoms with E-state index in [0.717, 1.165) is 32.4 Å². The number of halogens is 1. The van der Waals surface area contributed by atoms with Crippen molar-refractivity contribution >= 4 is 21.6 Å². The fraction of sp³-hybridized carbons (Fsp3) is 0.269. The quantitative estimate of drug-likeness (QED) is 0.500. The molecule has 1 aliphatic heterocycles. The predicted molar refractivity (Wildman–Crippen MR) is 130 cm³/mol. The van der Waals surface area contributed by atoms with E-state index in [0.29, 0.717) is 6.54 Å². The summed E-state index contributed by atoms with van der Waals surface area (Å²) in [5.74, 6) is -1.01. The Balaban J connectivity index is 1.41. The third-order valence-electron chi connectivity index (χ3n) is 6.00. The van der Waals surface area contributed by atoms with E-state index in [1.807, 2.05) is 18.2 Å². The fourth-order valence-electron chi connectivity index (χ4n) is 4.18. The highest BCUT2D eigenvalue weighted by molar-refractivity contribution is 7.92. The lowest BCUT2D eigenvalue weighted by molar-refractivity contribution is 0.0907. The van der Waals surface area contributed by atoms with Gasteiger partial charge >= 0.3 is 0 Å². The maximum Gasteiger partial charge on any atom is 0.262 e. The number of likely N-dealkylation sites (tertiary alicyclic amines) is 1. The summed E-state index contributed by atoms with van der Waals surface area (Å²) >= 11 is 0. The summed E-state index contributed by atoms with van der Waals surface area (Å²) in [6.07, 6.45) is 3.24. The molecule has 4 rings (SSSR count). The first-order chi connectivity index (χ1) is 16.4. The standard InChI is InChI=1S/C26H28FN3O3S/c27-24-14-4-5-15-25(24)29-34(32,33)23-13-8-11-21(17-23)26(31)28-18-22-12-6-7-16-30(22)19-20-9-2-1-3-10-20/h1-5,8-11,13-15,17,22,29H,6-7,12,16,18-19H2,(H,28,31). The van der Waals surface area contributed by atoms with Crippen LogP contribution in [0.15, 0.2) is 83.8 Å². The summed E-state index contributed by atoms with van der Waals surface area (Å²) in [5.41, 5.74) is 1.33. The van der Waals surface area contributed by atoms with Gasteiger partial charge in [-0.05, 0) is 55.3 Å². The molecule has 1 heterocycles. The molecule has 1 atom stereocenters. The summed E-state index contributed by atoms with van der Waals surface area (Å²) in [7, 11) is -4.05. The molecule has 3 aromatic carbocycles. The topological polar surface area (TPSA) is 78.5 Å². The van der Waals surface area contributed by atoms with Crippen LogP contribution < -0.4 is 10.0 Å². The van der Waals surface area contributed by atoms with Crippen molar-refractivity contribution in [1.82, 2.24) is 10.2 Å². The highest BCUT2D eigenvalue weighted by Gasteiger charge is 2.24. The van der Waals surface area contributed by atoms with Crippen LogP contribution in [0.2, 0.25) is 0 Å². The van der Waals surface area contributed by atoms with Gasteiger partial charge in [-0.25, -0.2) is 12.8 Å². The molecule has 1 aliphatic rings. The number of para-hydroxylation sites is 1. The molecule has 0 spiro atoms. The third-order valence-corrected chi connectivity index (χ3v) is 7.36. The summed E-state index contributed by atoms with van der Waals surface area (Å²) in [4.78, 5) is 15.1. The molecule has 6 nitrogen and oxygen atoms in total. The van der Waals surface area contributed by atoms with E-state index in [-0.39, 0.29) is 28.1 Å². The number of benzene rings is 3. The van der Waals surface area contributed by atoms with Gasteiger partial charge in [0.25, 0.3) is 15.9 Å². The first kappa shape index (κ1) is 23.9. The molecule has 0 saturated carbocycles. The Kier molecular flexibility index (Phi) is 7.59. The van der Waals surface area contributed by atoms with E-state index in [2.05, 4.69) is 27.1 Å². The summed E-state index contributed by atoms with van der Waals surface area (Å²) in [6, 6.07) is 21.8. The first-order valence-electron chi connectivity index (χ1n) is 11.4. The largest absolute Gasteiger partial charge is 0.350 e. The van der Waals surface area contributed by atoms with Gasteiger partial charge in [0.2, 0.25) is 0 Å². The van der Waals surface area contributed by atoms with Gasteiger partial charge in [-0.15, -0.1) is 0 Å². The Morgan fingerprint density at radius 3 is 2.53 bits per heavy atom. The maximum atomic E-state index is 13.9. The van der Waals surface area contributed by atoms with E-state index in [4.69, 9.17) is 0 Å². The predicted octanol–water partition coefficient (Wildman–Crippen LogP) is 4.41. The fourth-order valence-corrected chi connectivity index (χ4v) is 5.29. The van der Waals surface area contributed by atoms with Gasteiger partial charge in [0.05, 0.1) is 10.6 Å².